The lowest BCUT2D eigenvalue weighted by Crippen LogP contribution is -2.38. The van der Waals surface area contributed by atoms with E-state index in [1.54, 1.807) is 11.3 Å². The molecule has 3 aromatic rings. The van der Waals surface area contributed by atoms with Crippen LogP contribution in [-0.4, -0.2) is 42.3 Å². The van der Waals surface area contributed by atoms with Crippen molar-refractivity contribution >= 4 is 26.2 Å². The van der Waals surface area contributed by atoms with Crippen LogP contribution in [0.25, 0.3) is 4.83 Å². The summed E-state index contributed by atoms with van der Waals surface area (Å²) in [7, 11) is -2.38. The molecule has 27 heavy (non-hydrogen) atoms. The third-order valence-corrected chi connectivity index (χ3v) is 7.84. The predicted octanol–water partition coefficient (Wildman–Crippen LogP) is 3.42. The highest BCUT2D eigenvalue weighted by molar-refractivity contribution is 7.89. The number of hydrogen-bond acceptors (Lipinski definition) is 5. The Balaban J connectivity index is 1.53. The number of fused-ring (bicyclic) bond motifs is 1. The van der Waals surface area contributed by atoms with Crippen LogP contribution in [-0.2, 0) is 10.0 Å². The number of methoxy groups -OCH3 is 1. The topological polar surface area (TPSA) is 63.9 Å². The van der Waals surface area contributed by atoms with E-state index in [0.29, 0.717) is 25.9 Å². The van der Waals surface area contributed by atoms with Gasteiger partial charge in [-0.2, -0.15) is 4.31 Å². The molecule has 4 rings (SSSR count). The van der Waals surface area contributed by atoms with Gasteiger partial charge in [0.05, 0.1) is 17.7 Å². The zero-order valence-electron chi connectivity index (χ0n) is 15.1. The van der Waals surface area contributed by atoms with Gasteiger partial charge in [-0.05, 0) is 38.0 Å². The molecule has 1 fully saturated rings. The average Bonchev–Trinajstić information content (AvgIpc) is 3.26. The fraction of sp³-hybridized carbons (Fsp3) is 0.389. The molecule has 0 radical (unpaired) electrons. The quantitative estimate of drug-likeness (QED) is 0.662. The summed E-state index contributed by atoms with van der Waals surface area (Å²) in [5, 5.41) is 2.03. The molecule has 2 aromatic heterocycles. The first-order valence-corrected chi connectivity index (χ1v) is 11.0. The minimum Gasteiger partial charge on any atom is -0.494 e. The second kappa shape index (κ2) is 6.88. The Bertz CT molecular complexity index is 1080. The van der Waals surface area contributed by atoms with E-state index < -0.39 is 15.8 Å². The molecule has 1 aliphatic heterocycles. The van der Waals surface area contributed by atoms with Gasteiger partial charge >= 0.3 is 0 Å². The van der Waals surface area contributed by atoms with Crippen LogP contribution in [0.3, 0.4) is 0 Å². The van der Waals surface area contributed by atoms with Gasteiger partial charge in [0.1, 0.15) is 10.7 Å². The lowest BCUT2D eigenvalue weighted by atomic mass is 9.95. The van der Waals surface area contributed by atoms with Crippen molar-refractivity contribution in [3.8, 4) is 5.75 Å². The number of aryl methyl sites for hydroxylation is 1. The molecule has 0 atom stereocenters. The normalized spacial score (nSPS) is 16.9. The highest BCUT2D eigenvalue weighted by atomic mass is 32.2. The van der Waals surface area contributed by atoms with Gasteiger partial charge < -0.3 is 4.74 Å². The molecule has 1 saturated heterocycles. The summed E-state index contributed by atoms with van der Waals surface area (Å²) in [6.45, 7) is 2.76. The smallest absolute Gasteiger partial charge is 0.243 e. The van der Waals surface area contributed by atoms with Crippen molar-refractivity contribution in [3.05, 3.63) is 47.1 Å². The van der Waals surface area contributed by atoms with E-state index in [1.165, 1.54) is 23.5 Å². The first kappa shape index (κ1) is 18.4. The van der Waals surface area contributed by atoms with Gasteiger partial charge in [0.25, 0.3) is 0 Å². The van der Waals surface area contributed by atoms with Gasteiger partial charge in [-0.1, -0.05) is 0 Å². The van der Waals surface area contributed by atoms with E-state index in [2.05, 4.69) is 4.40 Å². The van der Waals surface area contributed by atoms with Crippen molar-refractivity contribution in [2.75, 3.05) is 20.2 Å². The largest absolute Gasteiger partial charge is 0.494 e. The second-order valence-corrected chi connectivity index (χ2v) is 9.43. The lowest BCUT2D eigenvalue weighted by Gasteiger charge is -2.30. The number of halogens is 1. The van der Waals surface area contributed by atoms with Gasteiger partial charge in [-0.25, -0.2) is 17.8 Å². The number of piperidine rings is 1. The van der Waals surface area contributed by atoms with Crippen molar-refractivity contribution in [2.45, 2.75) is 30.6 Å². The van der Waals surface area contributed by atoms with Crippen molar-refractivity contribution in [3.63, 3.8) is 0 Å². The monoisotopic (exact) mass is 409 g/mol. The van der Waals surface area contributed by atoms with Crippen LogP contribution in [0, 0.1) is 12.7 Å². The van der Waals surface area contributed by atoms with E-state index in [9.17, 15) is 12.8 Å². The SMILES string of the molecule is COc1ccc(S(=O)(=O)N2CCC(c3nc(C)n4ccsc34)CC2)cc1F. The van der Waals surface area contributed by atoms with Crippen LogP contribution in [0.5, 0.6) is 5.75 Å². The molecule has 9 heteroatoms. The Morgan fingerprint density at radius 3 is 2.70 bits per heavy atom. The first-order valence-electron chi connectivity index (χ1n) is 8.67. The summed E-state index contributed by atoms with van der Waals surface area (Å²) in [4.78, 5) is 5.78. The highest BCUT2D eigenvalue weighted by Gasteiger charge is 2.32. The molecular weight excluding hydrogens is 389 g/mol. The average molecular weight is 410 g/mol. The zero-order chi connectivity index (χ0) is 19.2. The van der Waals surface area contributed by atoms with E-state index in [1.807, 2.05) is 18.5 Å². The first-order chi connectivity index (χ1) is 12.9. The predicted molar refractivity (Wildman–Crippen MR) is 101 cm³/mol. The van der Waals surface area contributed by atoms with E-state index in [0.717, 1.165) is 22.4 Å². The molecule has 1 aliphatic rings. The molecule has 144 valence electrons. The fourth-order valence-electron chi connectivity index (χ4n) is 3.59. The molecule has 0 saturated carbocycles. The molecule has 0 N–H and O–H groups in total. The van der Waals surface area contributed by atoms with Crippen molar-refractivity contribution < 1.29 is 17.5 Å². The molecule has 0 amide bonds. The van der Waals surface area contributed by atoms with Gasteiger partial charge in [0.15, 0.2) is 11.6 Å². The van der Waals surface area contributed by atoms with Gasteiger partial charge in [-0.3, -0.25) is 4.40 Å². The summed E-state index contributed by atoms with van der Waals surface area (Å²) in [5.41, 5.74) is 1.05. The Kier molecular flexibility index (Phi) is 4.69. The minimum atomic E-state index is -3.73. The van der Waals surface area contributed by atoms with Crippen LogP contribution in [0.15, 0.2) is 34.7 Å². The number of imidazole rings is 1. The third kappa shape index (κ3) is 3.13. The number of hydrogen-bond donors (Lipinski definition) is 0. The summed E-state index contributed by atoms with van der Waals surface area (Å²) >= 11 is 1.65. The van der Waals surface area contributed by atoms with E-state index >= 15 is 0 Å². The Morgan fingerprint density at radius 2 is 2.04 bits per heavy atom. The van der Waals surface area contributed by atoms with E-state index in [4.69, 9.17) is 9.72 Å². The van der Waals surface area contributed by atoms with Crippen molar-refractivity contribution in [1.29, 1.82) is 0 Å². The Labute approximate surface area is 161 Å². The highest BCUT2D eigenvalue weighted by Crippen LogP contribution is 2.34. The molecule has 0 aliphatic carbocycles. The number of sulfonamides is 1. The van der Waals surface area contributed by atoms with Crippen molar-refractivity contribution in [1.82, 2.24) is 13.7 Å². The van der Waals surface area contributed by atoms with Crippen LogP contribution in [0.4, 0.5) is 4.39 Å². The zero-order valence-corrected chi connectivity index (χ0v) is 16.7. The maximum Gasteiger partial charge on any atom is 0.243 e. The summed E-state index contributed by atoms with van der Waals surface area (Å²) < 4.78 is 48.0. The fourth-order valence-corrected chi connectivity index (χ4v) is 6.02. The Morgan fingerprint density at radius 1 is 1.30 bits per heavy atom. The van der Waals surface area contributed by atoms with Crippen LogP contribution < -0.4 is 4.74 Å². The summed E-state index contributed by atoms with van der Waals surface area (Å²) in [6, 6.07) is 3.75. The number of ether oxygens (including phenoxy) is 1. The minimum absolute atomic E-state index is 0.0303. The Hall–Kier alpha value is -1.97. The van der Waals surface area contributed by atoms with Crippen LogP contribution in [0.2, 0.25) is 0 Å². The van der Waals surface area contributed by atoms with Crippen LogP contribution in [0.1, 0.15) is 30.3 Å². The van der Waals surface area contributed by atoms with Crippen molar-refractivity contribution in [2.24, 2.45) is 0 Å². The molecule has 0 spiro atoms. The number of aromatic nitrogens is 2. The maximum atomic E-state index is 13.9. The molecular formula is C18H20FN3O3S2. The number of thiazole rings is 1. The summed E-state index contributed by atoms with van der Waals surface area (Å²) in [5.74, 6) is 0.529. The van der Waals surface area contributed by atoms with Gasteiger partial charge in [0, 0.05) is 30.6 Å². The molecule has 3 heterocycles. The molecule has 6 nitrogen and oxygen atoms in total. The number of benzene rings is 1. The van der Waals surface area contributed by atoms with Crippen LogP contribution >= 0.6 is 11.3 Å². The number of rotatable bonds is 4. The molecule has 0 unspecified atom stereocenters. The maximum absolute atomic E-state index is 13.9. The summed E-state index contributed by atoms with van der Waals surface area (Å²) in [6.07, 6.45) is 3.40. The second-order valence-electron chi connectivity index (χ2n) is 6.60. The molecule has 1 aromatic carbocycles. The standard InChI is InChI=1S/C18H20FN3O3S2/c1-12-20-17(18-22(12)9-10-26-18)13-5-7-21(8-6-13)27(23,24)14-3-4-16(25-2)15(19)11-14/h3-4,9-11,13H,5-8H2,1-2H3. The lowest BCUT2D eigenvalue weighted by molar-refractivity contribution is 0.317. The van der Waals surface area contributed by atoms with Gasteiger partial charge in [-0.15, -0.1) is 11.3 Å². The molecule has 0 bridgehead atoms. The van der Waals surface area contributed by atoms with E-state index in [-0.39, 0.29) is 16.6 Å². The van der Waals surface area contributed by atoms with Gasteiger partial charge in [0.2, 0.25) is 10.0 Å². The third-order valence-electron chi connectivity index (χ3n) is 5.06. The number of nitrogens with zero attached hydrogens (tertiary/aromatic N) is 3.